The molecule has 110 valence electrons. The number of carbonyl (C=O) groups is 2. The van der Waals surface area contributed by atoms with Crippen LogP contribution in [0.3, 0.4) is 0 Å². The first-order valence-corrected chi connectivity index (χ1v) is 6.72. The van der Waals surface area contributed by atoms with Gasteiger partial charge in [-0.25, -0.2) is 0 Å². The van der Waals surface area contributed by atoms with Crippen LogP contribution < -0.4 is 4.90 Å². The maximum absolute atomic E-state index is 12.4. The summed E-state index contributed by atoms with van der Waals surface area (Å²) in [5.41, 5.74) is 3.46. The standard InChI is InChI=1S/C16H19N3O2/c1-10-6-8-13(9-7-10)18(4)16(21)15(20)14-11(2)17-19(5)12(14)3/h6-9H,1-5H3. The third-order valence-corrected chi connectivity index (χ3v) is 3.66. The number of hydrogen-bond donors (Lipinski definition) is 0. The van der Waals surface area contributed by atoms with Gasteiger partial charge in [-0.15, -0.1) is 0 Å². The van der Waals surface area contributed by atoms with Crippen molar-refractivity contribution in [2.24, 2.45) is 7.05 Å². The van der Waals surface area contributed by atoms with Crippen molar-refractivity contribution in [3.63, 3.8) is 0 Å². The van der Waals surface area contributed by atoms with Crippen molar-refractivity contribution in [3.05, 3.63) is 46.8 Å². The zero-order valence-corrected chi connectivity index (χ0v) is 13.0. The average Bonchev–Trinajstić information content (AvgIpc) is 2.70. The van der Waals surface area contributed by atoms with Gasteiger partial charge in [0.1, 0.15) is 0 Å². The Morgan fingerprint density at radius 1 is 1.10 bits per heavy atom. The molecular formula is C16H19N3O2. The number of Topliss-reactive ketones (excluding diaryl/α,β-unsaturated/α-hetero) is 1. The number of carbonyl (C=O) groups excluding carboxylic acids is 2. The van der Waals surface area contributed by atoms with E-state index in [0.717, 1.165) is 5.56 Å². The smallest absolute Gasteiger partial charge is 0.299 e. The zero-order chi connectivity index (χ0) is 15.7. The quantitative estimate of drug-likeness (QED) is 0.641. The molecule has 1 heterocycles. The Hall–Kier alpha value is -2.43. The van der Waals surface area contributed by atoms with Gasteiger partial charge in [0.05, 0.1) is 11.3 Å². The van der Waals surface area contributed by atoms with Crippen molar-refractivity contribution in [1.82, 2.24) is 9.78 Å². The van der Waals surface area contributed by atoms with Crippen molar-refractivity contribution in [3.8, 4) is 0 Å². The van der Waals surface area contributed by atoms with Gasteiger partial charge in [0, 0.05) is 25.5 Å². The molecule has 0 aliphatic carbocycles. The summed E-state index contributed by atoms with van der Waals surface area (Å²) in [6.45, 7) is 5.49. The van der Waals surface area contributed by atoms with Crippen LogP contribution >= 0.6 is 0 Å². The van der Waals surface area contributed by atoms with E-state index in [2.05, 4.69) is 5.10 Å². The molecule has 0 atom stereocenters. The average molecular weight is 285 g/mol. The third kappa shape index (κ3) is 2.72. The van der Waals surface area contributed by atoms with Gasteiger partial charge in [0.25, 0.3) is 11.7 Å². The highest BCUT2D eigenvalue weighted by atomic mass is 16.2. The van der Waals surface area contributed by atoms with Gasteiger partial charge in [0.15, 0.2) is 0 Å². The van der Waals surface area contributed by atoms with E-state index in [0.29, 0.717) is 22.6 Å². The van der Waals surface area contributed by atoms with Crippen molar-refractivity contribution >= 4 is 17.4 Å². The van der Waals surface area contributed by atoms with Gasteiger partial charge in [-0.2, -0.15) is 5.10 Å². The van der Waals surface area contributed by atoms with E-state index in [1.807, 2.05) is 31.2 Å². The SMILES string of the molecule is Cc1ccc(N(C)C(=O)C(=O)c2c(C)nn(C)c2C)cc1. The minimum absolute atomic E-state index is 0.390. The first kappa shape index (κ1) is 15.0. The van der Waals surface area contributed by atoms with Crippen LogP contribution in [-0.4, -0.2) is 28.5 Å². The van der Waals surface area contributed by atoms with Crippen LogP contribution in [0.25, 0.3) is 0 Å². The van der Waals surface area contributed by atoms with Crippen LogP contribution in [0, 0.1) is 20.8 Å². The molecule has 21 heavy (non-hydrogen) atoms. The molecular weight excluding hydrogens is 266 g/mol. The molecule has 0 N–H and O–H groups in total. The summed E-state index contributed by atoms with van der Waals surface area (Å²) in [7, 11) is 3.36. The maximum Gasteiger partial charge on any atom is 0.299 e. The lowest BCUT2D eigenvalue weighted by atomic mass is 10.1. The van der Waals surface area contributed by atoms with Crippen molar-refractivity contribution in [2.45, 2.75) is 20.8 Å². The number of amides is 1. The number of rotatable bonds is 3. The Kier molecular flexibility index (Phi) is 3.93. The molecule has 0 saturated heterocycles. The highest BCUT2D eigenvalue weighted by Crippen LogP contribution is 2.18. The second-order valence-electron chi connectivity index (χ2n) is 5.20. The number of benzene rings is 1. The Morgan fingerprint density at radius 2 is 1.67 bits per heavy atom. The fraction of sp³-hybridized carbons (Fsp3) is 0.312. The molecule has 1 amide bonds. The molecule has 0 aliphatic rings. The second kappa shape index (κ2) is 5.52. The summed E-state index contributed by atoms with van der Waals surface area (Å²) in [4.78, 5) is 26.2. The van der Waals surface area contributed by atoms with E-state index in [4.69, 9.17) is 0 Å². The minimum atomic E-state index is -0.557. The molecule has 2 rings (SSSR count). The predicted molar refractivity (Wildman–Crippen MR) is 81.6 cm³/mol. The molecule has 0 fully saturated rings. The van der Waals surface area contributed by atoms with Crippen LogP contribution in [0.2, 0.25) is 0 Å². The van der Waals surface area contributed by atoms with Crippen LogP contribution in [0.15, 0.2) is 24.3 Å². The number of aromatic nitrogens is 2. The lowest BCUT2D eigenvalue weighted by molar-refractivity contribution is -0.114. The van der Waals surface area contributed by atoms with Gasteiger partial charge in [-0.1, -0.05) is 17.7 Å². The maximum atomic E-state index is 12.4. The predicted octanol–water partition coefficient (Wildman–Crippen LogP) is 2.19. The van der Waals surface area contributed by atoms with E-state index in [1.165, 1.54) is 4.90 Å². The summed E-state index contributed by atoms with van der Waals surface area (Å²) in [6, 6.07) is 7.46. The monoisotopic (exact) mass is 285 g/mol. The number of ketones is 1. The lowest BCUT2D eigenvalue weighted by Crippen LogP contribution is -2.33. The topological polar surface area (TPSA) is 55.2 Å². The van der Waals surface area contributed by atoms with Gasteiger partial charge in [-0.3, -0.25) is 14.3 Å². The highest BCUT2D eigenvalue weighted by molar-refractivity contribution is 6.47. The summed E-state index contributed by atoms with van der Waals surface area (Å²) in [5, 5.41) is 4.18. The summed E-state index contributed by atoms with van der Waals surface area (Å²) in [6.07, 6.45) is 0. The number of nitrogens with zero attached hydrogens (tertiary/aromatic N) is 3. The molecule has 0 aliphatic heterocycles. The Bertz CT molecular complexity index is 699. The first-order valence-electron chi connectivity index (χ1n) is 6.72. The largest absolute Gasteiger partial charge is 0.309 e. The lowest BCUT2D eigenvalue weighted by Gasteiger charge is -2.16. The minimum Gasteiger partial charge on any atom is -0.309 e. The highest BCUT2D eigenvalue weighted by Gasteiger charge is 2.27. The van der Waals surface area contributed by atoms with Crippen molar-refractivity contribution in [1.29, 1.82) is 0 Å². The van der Waals surface area contributed by atoms with Crippen molar-refractivity contribution < 1.29 is 9.59 Å². The molecule has 5 heteroatoms. The summed E-state index contributed by atoms with van der Waals surface area (Å²) >= 11 is 0. The fourth-order valence-corrected chi connectivity index (χ4v) is 2.25. The second-order valence-corrected chi connectivity index (χ2v) is 5.20. The zero-order valence-electron chi connectivity index (χ0n) is 13.0. The third-order valence-electron chi connectivity index (χ3n) is 3.66. The van der Waals surface area contributed by atoms with E-state index in [1.54, 1.807) is 32.6 Å². The molecule has 1 aromatic carbocycles. The van der Waals surface area contributed by atoms with Gasteiger partial charge in [-0.05, 0) is 32.9 Å². The Morgan fingerprint density at radius 3 is 2.14 bits per heavy atom. The number of likely N-dealkylation sites (N-methyl/N-ethyl adjacent to an activating group) is 1. The molecule has 1 aromatic heterocycles. The molecule has 0 unspecified atom stereocenters. The Balaban J connectivity index is 2.31. The van der Waals surface area contributed by atoms with Crippen LogP contribution in [0.4, 0.5) is 5.69 Å². The first-order chi connectivity index (χ1) is 9.82. The fourth-order valence-electron chi connectivity index (χ4n) is 2.25. The number of aryl methyl sites for hydroxylation is 3. The van der Waals surface area contributed by atoms with E-state index in [9.17, 15) is 9.59 Å². The van der Waals surface area contributed by atoms with Crippen LogP contribution in [-0.2, 0) is 11.8 Å². The van der Waals surface area contributed by atoms with Crippen LogP contribution in [0.1, 0.15) is 27.3 Å². The van der Waals surface area contributed by atoms with Crippen LogP contribution in [0.5, 0.6) is 0 Å². The summed E-state index contributed by atoms with van der Waals surface area (Å²) < 4.78 is 1.61. The molecule has 0 spiro atoms. The normalized spacial score (nSPS) is 10.5. The van der Waals surface area contributed by atoms with E-state index >= 15 is 0 Å². The van der Waals surface area contributed by atoms with Crippen molar-refractivity contribution in [2.75, 3.05) is 11.9 Å². The van der Waals surface area contributed by atoms with E-state index in [-0.39, 0.29) is 0 Å². The molecule has 0 radical (unpaired) electrons. The molecule has 5 nitrogen and oxygen atoms in total. The molecule has 0 saturated carbocycles. The van der Waals surface area contributed by atoms with E-state index < -0.39 is 11.7 Å². The molecule has 2 aromatic rings. The Labute approximate surface area is 124 Å². The summed E-state index contributed by atoms with van der Waals surface area (Å²) in [5.74, 6) is -1.08. The number of hydrogen-bond acceptors (Lipinski definition) is 3. The van der Waals surface area contributed by atoms with Gasteiger partial charge < -0.3 is 4.90 Å². The molecule has 0 bridgehead atoms. The van der Waals surface area contributed by atoms with Gasteiger partial charge >= 0.3 is 0 Å². The number of anilines is 1. The van der Waals surface area contributed by atoms with Gasteiger partial charge in [0.2, 0.25) is 0 Å².